The summed E-state index contributed by atoms with van der Waals surface area (Å²) in [6.45, 7) is 0.784. The zero-order valence-corrected chi connectivity index (χ0v) is 16.0. The van der Waals surface area contributed by atoms with Gasteiger partial charge in [0.1, 0.15) is 0 Å². The molecule has 1 aromatic heterocycles. The van der Waals surface area contributed by atoms with Crippen LogP contribution in [0.25, 0.3) is 10.9 Å². The summed E-state index contributed by atoms with van der Waals surface area (Å²) in [4.78, 5) is 17.8. The molecule has 140 valence electrons. The van der Waals surface area contributed by atoms with Gasteiger partial charge >= 0.3 is 6.03 Å². The third kappa shape index (κ3) is 3.50. The molecule has 2 aromatic carbocycles. The zero-order chi connectivity index (χ0) is 19.0. The summed E-state index contributed by atoms with van der Waals surface area (Å²) in [6.07, 6.45) is 0.709. The van der Waals surface area contributed by atoms with Gasteiger partial charge in [-0.3, -0.25) is 0 Å². The summed E-state index contributed by atoms with van der Waals surface area (Å²) in [5, 5.41) is 15.3. The summed E-state index contributed by atoms with van der Waals surface area (Å²) in [5.41, 5.74) is 3.92. The number of rotatable bonds is 3. The Labute approximate surface area is 166 Å². The monoisotopic (exact) mass is 403 g/mol. The second-order valence-electron chi connectivity index (χ2n) is 6.63. The van der Waals surface area contributed by atoms with Crippen LogP contribution in [0, 0.1) is 0 Å². The first-order valence-corrected chi connectivity index (χ1v) is 9.52. The van der Waals surface area contributed by atoms with Gasteiger partial charge < -0.3 is 20.3 Å². The number of halogens is 2. The lowest BCUT2D eigenvalue weighted by atomic mass is 9.98. The summed E-state index contributed by atoms with van der Waals surface area (Å²) >= 11 is 12.0. The number of nitrogens with one attached hydrogen (secondary N) is 2. The molecule has 3 aromatic rings. The number of hydrogen-bond acceptors (Lipinski definition) is 2. The maximum absolute atomic E-state index is 12.7. The molecule has 4 rings (SSSR count). The highest BCUT2D eigenvalue weighted by Gasteiger charge is 2.32. The van der Waals surface area contributed by atoms with Gasteiger partial charge in [-0.15, -0.1) is 0 Å². The lowest BCUT2D eigenvalue weighted by Crippen LogP contribution is -2.46. The van der Waals surface area contributed by atoms with Crippen LogP contribution < -0.4 is 5.32 Å². The molecule has 27 heavy (non-hydrogen) atoms. The Morgan fingerprint density at radius 3 is 2.67 bits per heavy atom. The minimum absolute atomic E-state index is 0.151. The molecule has 2 amide bonds. The van der Waals surface area contributed by atoms with E-state index < -0.39 is 6.04 Å². The molecule has 1 aliphatic heterocycles. The van der Waals surface area contributed by atoms with Crippen molar-refractivity contribution < 1.29 is 9.90 Å². The van der Waals surface area contributed by atoms with Crippen LogP contribution >= 0.6 is 23.2 Å². The number of aliphatic hydroxyl groups excluding tert-OH is 1. The fraction of sp³-hybridized carbons (Fsp3) is 0.250. The van der Waals surface area contributed by atoms with Crippen LogP contribution in [0.5, 0.6) is 0 Å². The standard InChI is InChI=1S/C20H19Cl2N3O2/c21-13-3-1-12(2-4-13)10-23-20(27)25-8-7-15-16-9-14(22)5-6-17(16)24-19(15)18(25)11-26/h1-6,9,18,24,26H,7-8,10-11H2,(H,23,27). The Balaban J connectivity index is 1.55. The van der Waals surface area contributed by atoms with E-state index in [9.17, 15) is 9.90 Å². The Hall–Kier alpha value is -2.21. The fourth-order valence-corrected chi connectivity index (χ4v) is 3.95. The van der Waals surface area contributed by atoms with Crippen LogP contribution in [0.15, 0.2) is 42.5 Å². The van der Waals surface area contributed by atoms with Gasteiger partial charge in [-0.1, -0.05) is 35.3 Å². The van der Waals surface area contributed by atoms with E-state index in [1.165, 1.54) is 0 Å². The highest BCUT2D eigenvalue weighted by molar-refractivity contribution is 6.31. The van der Waals surface area contributed by atoms with Gasteiger partial charge in [0, 0.05) is 39.7 Å². The number of nitrogens with zero attached hydrogens (tertiary/aromatic N) is 1. The first-order chi connectivity index (χ1) is 13.1. The molecule has 0 spiro atoms. The zero-order valence-electron chi connectivity index (χ0n) is 14.5. The second kappa shape index (κ2) is 7.43. The smallest absolute Gasteiger partial charge is 0.318 e. The van der Waals surface area contributed by atoms with E-state index in [1.54, 1.807) is 17.0 Å². The molecule has 0 saturated heterocycles. The molecule has 1 unspecified atom stereocenters. The third-order valence-electron chi connectivity index (χ3n) is 5.00. The predicted molar refractivity (Wildman–Crippen MR) is 107 cm³/mol. The van der Waals surface area contributed by atoms with Crippen molar-refractivity contribution in [3.63, 3.8) is 0 Å². The Morgan fingerprint density at radius 1 is 1.19 bits per heavy atom. The van der Waals surface area contributed by atoms with E-state index in [0.717, 1.165) is 27.7 Å². The molecular weight excluding hydrogens is 385 g/mol. The van der Waals surface area contributed by atoms with Gasteiger partial charge in [-0.2, -0.15) is 0 Å². The number of aliphatic hydroxyl groups is 1. The number of H-pyrrole nitrogens is 1. The van der Waals surface area contributed by atoms with Crippen molar-refractivity contribution in [3.8, 4) is 0 Å². The van der Waals surface area contributed by atoms with Crippen molar-refractivity contribution in [2.45, 2.75) is 19.0 Å². The topological polar surface area (TPSA) is 68.4 Å². The average molecular weight is 404 g/mol. The van der Waals surface area contributed by atoms with Gasteiger partial charge in [0.2, 0.25) is 0 Å². The molecule has 1 atom stereocenters. The summed E-state index contributed by atoms with van der Waals surface area (Å²) < 4.78 is 0. The van der Waals surface area contributed by atoms with Crippen molar-refractivity contribution in [2.24, 2.45) is 0 Å². The van der Waals surface area contributed by atoms with E-state index in [0.29, 0.717) is 29.6 Å². The van der Waals surface area contributed by atoms with Gasteiger partial charge in [0.15, 0.2) is 0 Å². The van der Waals surface area contributed by atoms with Crippen LogP contribution in [0.4, 0.5) is 4.79 Å². The molecule has 0 saturated carbocycles. The molecule has 3 N–H and O–H groups in total. The normalized spacial score (nSPS) is 16.4. The van der Waals surface area contributed by atoms with Crippen LogP contribution in [-0.4, -0.2) is 34.2 Å². The van der Waals surface area contributed by atoms with Crippen molar-refractivity contribution in [2.75, 3.05) is 13.2 Å². The fourth-order valence-electron chi connectivity index (χ4n) is 3.65. The Bertz CT molecular complexity index is 985. The molecule has 7 heteroatoms. The summed E-state index contributed by atoms with van der Waals surface area (Å²) in [5.74, 6) is 0. The number of amides is 2. The van der Waals surface area contributed by atoms with E-state index in [-0.39, 0.29) is 12.6 Å². The summed E-state index contributed by atoms with van der Waals surface area (Å²) in [7, 11) is 0. The molecule has 0 fully saturated rings. The SMILES string of the molecule is O=C(NCc1ccc(Cl)cc1)N1CCc2c([nH]c3ccc(Cl)cc23)C1CO. The number of hydrogen-bond donors (Lipinski definition) is 3. The van der Waals surface area contributed by atoms with E-state index in [4.69, 9.17) is 23.2 Å². The van der Waals surface area contributed by atoms with Crippen LogP contribution in [0.1, 0.15) is 22.9 Å². The molecule has 0 aliphatic carbocycles. The number of carbonyl (C=O) groups is 1. The van der Waals surface area contributed by atoms with Gasteiger partial charge in [0.05, 0.1) is 12.6 Å². The molecule has 0 bridgehead atoms. The summed E-state index contributed by atoms with van der Waals surface area (Å²) in [6, 6.07) is 12.4. The molecule has 2 heterocycles. The largest absolute Gasteiger partial charge is 0.394 e. The lowest BCUT2D eigenvalue weighted by Gasteiger charge is -2.34. The number of carbonyl (C=O) groups excluding carboxylic acids is 1. The van der Waals surface area contributed by atoms with Crippen LogP contribution in [-0.2, 0) is 13.0 Å². The first-order valence-electron chi connectivity index (χ1n) is 8.76. The van der Waals surface area contributed by atoms with Crippen molar-refractivity contribution in [1.82, 2.24) is 15.2 Å². The highest BCUT2D eigenvalue weighted by Crippen LogP contribution is 2.35. The van der Waals surface area contributed by atoms with Gasteiger partial charge in [0.25, 0.3) is 0 Å². The first kappa shape index (κ1) is 18.2. The quantitative estimate of drug-likeness (QED) is 0.610. The molecular formula is C20H19Cl2N3O2. The molecule has 5 nitrogen and oxygen atoms in total. The average Bonchev–Trinajstić information content (AvgIpc) is 3.04. The van der Waals surface area contributed by atoms with E-state index in [1.807, 2.05) is 30.3 Å². The molecule has 1 aliphatic rings. The van der Waals surface area contributed by atoms with E-state index >= 15 is 0 Å². The van der Waals surface area contributed by atoms with Crippen LogP contribution in [0.2, 0.25) is 10.0 Å². The maximum Gasteiger partial charge on any atom is 0.318 e. The number of urea groups is 1. The highest BCUT2D eigenvalue weighted by atomic mass is 35.5. The number of aromatic nitrogens is 1. The molecule has 0 radical (unpaired) electrons. The van der Waals surface area contributed by atoms with Crippen LogP contribution in [0.3, 0.4) is 0 Å². The number of benzene rings is 2. The lowest BCUT2D eigenvalue weighted by molar-refractivity contribution is 0.125. The van der Waals surface area contributed by atoms with Gasteiger partial charge in [-0.05, 0) is 47.9 Å². The second-order valence-corrected chi connectivity index (χ2v) is 7.51. The maximum atomic E-state index is 12.7. The minimum atomic E-state index is -0.412. The van der Waals surface area contributed by atoms with E-state index in [2.05, 4.69) is 10.3 Å². The minimum Gasteiger partial charge on any atom is -0.394 e. The number of fused-ring (bicyclic) bond motifs is 3. The third-order valence-corrected chi connectivity index (χ3v) is 5.49. The Kier molecular flexibility index (Phi) is 5.00. The number of aromatic amines is 1. The Morgan fingerprint density at radius 2 is 1.93 bits per heavy atom. The van der Waals surface area contributed by atoms with Gasteiger partial charge in [-0.25, -0.2) is 4.79 Å². The van der Waals surface area contributed by atoms with Crippen molar-refractivity contribution in [3.05, 3.63) is 69.3 Å². The van der Waals surface area contributed by atoms with Crippen molar-refractivity contribution >= 4 is 40.1 Å². The predicted octanol–water partition coefficient (Wildman–Crippen LogP) is 4.28. The van der Waals surface area contributed by atoms with Crippen molar-refractivity contribution in [1.29, 1.82) is 0 Å².